The van der Waals surface area contributed by atoms with Gasteiger partial charge in [-0.3, -0.25) is 0 Å². The largest absolute Gasteiger partial charge is 0.395 e. The summed E-state index contributed by atoms with van der Waals surface area (Å²) in [5.41, 5.74) is 0. The summed E-state index contributed by atoms with van der Waals surface area (Å²) in [4.78, 5) is 10.1. The van der Waals surface area contributed by atoms with Gasteiger partial charge in [-0.25, -0.2) is 9.37 Å². The van der Waals surface area contributed by atoms with Crippen LogP contribution in [0.1, 0.15) is 30.6 Å². The Balaban J connectivity index is 1.68. The van der Waals surface area contributed by atoms with Gasteiger partial charge >= 0.3 is 6.08 Å². The Morgan fingerprint density at radius 1 is 1.48 bits per heavy atom. The molecule has 1 saturated carbocycles. The lowest BCUT2D eigenvalue weighted by molar-refractivity contribution is 0.0768. The Labute approximate surface area is 129 Å². The summed E-state index contributed by atoms with van der Waals surface area (Å²) in [6, 6.07) is 0. The molecule has 3 nitrogen and oxygen atoms in total. The second-order valence-electron chi connectivity index (χ2n) is 4.62. The van der Waals surface area contributed by atoms with Gasteiger partial charge < -0.3 is 4.84 Å². The first-order chi connectivity index (χ1) is 10.1. The number of aromatic nitrogens is 1. The summed E-state index contributed by atoms with van der Waals surface area (Å²) in [6.45, 7) is 0.650. The van der Waals surface area contributed by atoms with Gasteiger partial charge in [0.15, 0.2) is 5.83 Å². The van der Waals surface area contributed by atoms with Crippen molar-refractivity contribution in [1.82, 2.24) is 4.98 Å². The van der Waals surface area contributed by atoms with Gasteiger partial charge in [-0.15, -0.1) is 11.3 Å². The van der Waals surface area contributed by atoms with Crippen molar-refractivity contribution in [2.45, 2.75) is 30.0 Å². The minimum atomic E-state index is -2.24. The number of oxime groups is 1. The molecular weight excluding hydrogens is 321 g/mol. The summed E-state index contributed by atoms with van der Waals surface area (Å²) >= 11 is 2.61. The van der Waals surface area contributed by atoms with Crippen LogP contribution in [0.3, 0.4) is 0 Å². The van der Waals surface area contributed by atoms with Crippen LogP contribution in [0.15, 0.2) is 27.6 Å². The van der Waals surface area contributed by atoms with Crippen molar-refractivity contribution in [1.29, 1.82) is 0 Å². The molecule has 0 saturated heterocycles. The van der Waals surface area contributed by atoms with E-state index in [-0.39, 0.29) is 12.2 Å². The molecule has 0 amide bonds. The van der Waals surface area contributed by atoms with Crippen LogP contribution in [-0.2, 0) is 4.84 Å². The van der Waals surface area contributed by atoms with Crippen molar-refractivity contribution in [3.8, 4) is 0 Å². The van der Waals surface area contributed by atoms with Crippen LogP contribution in [0.4, 0.5) is 13.2 Å². The monoisotopic (exact) mass is 336 g/mol. The SMILES string of the molecule is FC(F)=C(F)CCSc1ncc(/C=N/OCC2CCC2)s1. The molecule has 0 aliphatic heterocycles. The van der Waals surface area contributed by atoms with Crippen molar-refractivity contribution >= 4 is 29.3 Å². The minimum absolute atomic E-state index is 0.228. The molecule has 0 radical (unpaired) electrons. The lowest BCUT2D eigenvalue weighted by atomic mass is 9.86. The van der Waals surface area contributed by atoms with Crippen molar-refractivity contribution in [3.05, 3.63) is 23.0 Å². The van der Waals surface area contributed by atoms with Crippen LogP contribution >= 0.6 is 23.1 Å². The highest BCUT2D eigenvalue weighted by Crippen LogP contribution is 2.27. The van der Waals surface area contributed by atoms with E-state index < -0.39 is 11.9 Å². The number of hydrogen-bond donors (Lipinski definition) is 0. The maximum Gasteiger partial charge on any atom is 0.301 e. The Hall–Kier alpha value is -1.02. The lowest BCUT2D eigenvalue weighted by Crippen LogP contribution is -2.16. The van der Waals surface area contributed by atoms with Crippen LogP contribution < -0.4 is 0 Å². The van der Waals surface area contributed by atoms with Gasteiger partial charge in [0.25, 0.3) is 0 Å². The van der Waals surface area contributed by atoms with E-state index in [0.717, 1.165) is 4.88 Å². The van der Waals surface area contributed by atoms with E-state index in [1.807, 2.05) is 0 Å². The van der Waals surface area contributed by atoms with Crippen LogP contribution in [0.25, 0.3) is 0 Å². The van der Waals surface area contributed by atoms with Gasteiger partial charge in [0.1, 0.15) is 10.9 Å². The molecule has 0 N–H and O–H groups in total. The molecule has 1 heterocycles. The lowest BCUT2D eigenvalue weighted by Gasteiger charge is -2.23. The summed E-state index contributed by atoms with van der Waals surface area (Å²) in [6.07, 6.45) is 4.37. The van der Waals surface area contributed by atoms with Gasteiger partial charge in [0, 0.05) is 18.4 Å². The molecule has 8 heteroatoms. The number of halogens is 3. The molecular formula is C13H15F3N2OS2. The molecule has 21 heavy (non-hydrogen) atoms. The molecule has 2 rings (SSSR count). The molecule has 1 aliphatic carbocycles. The maximum atomic E-state index is 12.6. The van der Waals surface area contributed by atoms with Gasteiger partial charge in [-0.2, -0.15) is 8.78 Å². The van der Waals surface area contributed by atoms with E-state index in [4.69, 9.17) is 4.84 Å². The van der Waals surface area contributed by atoms with E-state index >= 15 is 0 Å². The van der Waals surface area contributed by atoms with E-state index in [1.54, 1.807) is 12.4 Å². The van der Waals surface area contributed by atoms with E-state index in [1.165, 1.54) is 42.4 Å². The van der Waals surface area contributed by atoms with Crippen molar-refractivity contribution in [2.75, 3.05) is 12.4 Å². The van der Waals surface area contributed by atoms with Gasteiger partial charge in [0.2, 0.25) is 0 Å². The van der Waals surface area contributed by atoms with Gasteiger partial charge in [-0.05, 0) is 18.8 Å². The topological polar surface area (TPSA) is 34.5 Å². The van der Waals surface area contributed by atoms with E-state index in [2.05, 4.69) is 10.1 Å². The standard InChI is InChI=1S/C13H15F3N2OS2/c14-11(12(15)16)4-5-20-13-17-6-10(21-13)7-18-19-8-9-2-1-3-9/h6-7,9H,1-5,8H2/b18-7+. The van der Waals surface area contributed by atoms with Gasteiger partial charge in [0.05, 0.1) is 11.1 Å². The summed E-state index contributed by atoms with van der Waals surface area (Å²) < 4.78 is 37.0. The minimum Gasteiger partial charge on any atom is -0.395 e. The fraction of sp³-hybridized carbons (Fsp3) is 0.538. The molecule has 0 spiro atoms. The smallest absolute Gasteiger partial charge is 0.301 e. The normalized spacial score (nSPS) is 15.2. The quantitative estimate of drug-likeness (QED) is 0.386. The van der Waals surface area contributed by atoms with Crippen LogP contribution in [0.2, 0.25) is 0 Å². The summed E-state index contributed by atoms with van der Waals surface area (Å²) in [7, 11) is 0. The predicted octanol–water partition coefficient (Wildman–Crippen LogP) is 4.85. The maximum absolute atomic E-state index is 12.6. The summed E-state index contributed by atoms with van der Waals surface area (Å²) in [5, 5.41) is 3.88. The fourth-order valence-electron chi connectivity index (χ4n) is 1.62. The molecule has 1 fully saturated rings. The molecule has 1 aromatic rings. The fourth-order valence-corrected chi connectivity index (χ4v) is 3.48. The van der Waals surface area contributed by atoms with E-state index in [0.29, 0.717) is 16.9 Å². The highest BCUT2D eigenvalue weighted by atomic mass is 32.2. The highest BCUT2D eigenvalue weighted by Gasteiger charge is 2.17. The third-order valence-electron chi connectivity index (χ3n) is 3.04. The number of thioether (sulfide) groups is 1. The molecule has 1 aliphatic rings. The molecule has 0 atom stereocenters. The average molecular weight is 336 g/mol. The van der Waals surface area contributed by atoms with Crippen molar-refractivity contribution < 1.29 is 18.0 Å². The average Bonchev–Trinajstić information content (AvgIpc) is 2.84. The third kappa shape index (κ3) is 5.70. The molecule has 0 bridgehead atoms. The van der Waals surface area contributed by atoms with Crippen LogP contribution in [0, 0.1) is 5.92 Å². The Kier molecular flexibility index (Phi) is 6.56. The van der Waals surface area contributed by atoms with Gasteiger partial charge in [-0.1, -0.05) is 23.3 Å². The molecule has 1 aromatic heterocycles. The zero-order valence-electron chi connectivity index (χ0n) is 11.2. The highest BCUT2D eigenvalue weighted by molar-refractivity contribution is 8.01. The first-order valence-electron chi connectivity index (χ1n) is 6.58. The first kappa shape index (κ1) is 16.4. The Morgan fingerprint density at radius 2 is 2.29 bits per heavy atom. The second kappa shape index (κ2) is 8.43. The predicted molar refractivity (Wildman–Crippen MR) is 78.7 cm³/mol. The zero-order chi connectivity index (χ0) is 15.1. The second-order valence-corrected chi connectivity index (χ2v) is 7.02. The first-order valence-corrected chi connectivity index (χ1v) is 8.39. The van der Waals surface area contributed by atoms with Crippen molar-refractivity contribution in [2.24, 2.45) is 11.1 Å². The van der Waals surface area contributed by atoms with Crippen molar-refractivity contribution in [3.63, 3.8) is 0 Å². The number of nitrogens with zero attached hydrogens (tertiary/aromatic N) is 2. The van der Waals surface area contributed by atoms with Crippen LogP contribution in [-0.4, -0.2) is 23.6 Å². The summed E-state index contributed by atoms with van der Waals surface area (Å²) in [5.74, 6) is -0.496. The number of hydrogen-bond acceptors (Lipinski definition) is 5. The number of rotatable bonds is 8. The van der Waals surface area contributed by atoms with E-state index in [9.17, 15) is 13.2 Å². The number of allylic oxidation sites excluding steroid dienone is 1. The number of thiazole rings is 1. The Bertz CT molecular complexity index is 511. The third-order valence-corrected chi connectivity index (χ3v) is 5.13. The Morgan fingerprint density at radius 3 is 2.95 bits per heavy atom. The van der Waals surface area contributed by atoms with Crippen LogP contribution in [0.5, 0.6) is 0 Å². The zero-order valence-corrected chi connectivity index (χ0v) is 12.9. The molecule has 0 unspecified atom stereocenters. The molecule has 116 valence electrons. The molecule has 0 aromatic carbocycles.